The lowest BCUT2D eigenvalue weighted by Gasteiger charge is -2.11. The van der Waals surface area contributed by atoms with E-state index in [2.05, 4.69) is 9.97 Å². The molecule has 1 aromatic carbocycles. The highest BCUT2D eigenvalue weighted by Crippen LogP contribution is 2.34. The van der Waals surface area contributed by atoms with Crippen LogP contribution in [0.4, 0.5) is 13.2 Å². The van der Waals surface area contributed by atoms with E-state index >= 15 is 0 Å². The number of rotatable bonds is 6. The smallest absolute Gasteiger partial charge is 0.222 e. The molecule has 1 unspecified atom stereocenters. The van der Waals surface area contributed by atoms with Crippen molar-refractivity contribution in [3.63, 3.8) is 0 Å². The minimum atomic E-state index is -4.51. The third kappa shape index (κ3) is 4.99. The van der Waals surface area contributed by atoms with E-state index in [1.54, 1.807) is 17.5 Å². The third-order valence-corrected chi connectivity index (χ3v) is 5.78. The molecule has 0 radical (unpaired) electrons. The Hall–Kier alpha value is -1.57. The molecule has 2 heterocycles. The first-order valence-electron chi connectivity index (χ1n) is 7.75. The minimum absolute atomic E-state index is 0.111. The summed E-state index contributed by atoms with van der Waals surface area (Å²) in [4.78, 5) is 8.63. The highest BCUT2D eigenvalue weighted by molar-refractivity contribution is 7.99. The van der Waals surface area contributed by atoms with E-state index in [-0.39, 0.29) is 16.2 Å². The maximum Gasteiger partial charge on any atom is 0.433 e. The summed E-state index contributed by atoms with van der Waals surface area (Å²) in [5.41, 5.74) is 0.346. The molecule has 3 rings (SSSR count). The number of alkyl halides is 4. The summed E-state index contributed by atoms with van der Waals surface area (Å²) in [5.74, 6) is 0.522. The predicted molar refractivity (Wildman–Crippen MR) is 101 cm³/mol. The molecule has 26 heavy (non-hydrogen) atoms. The number of hydrogen-bond donors (Lipinski definition) is 0. The fourth-order valence-corrected chi connectivity index (χ4v) is 4.20. The molecule has 0 aliphatic rings. The van der Waals surface area contributed by atoms with Crippen LogP contribution in [0.3, 0.4) is 0 Å². The number of nitrogens with zero attached hydrogens (tertiary/aromatic N) is 2. The maximum absolute atomic E-state index is 13.1. The average Bonchev–Trinajstić information content (AvgIpc) is 3.16. The molecular weight excluding hydrogens is 401 g/mol. The van der Waals surface area contributed by atoms with E-state index < -0.39 is 11.9 Å². The van der Waals surface area contributed by atoms with Gasteiger partial charge in [-0.15, -0.1) is 22.9 Å². The molecule has 1 atom stereocenters. The van der Waals surface area contributed by atoms with Gasteiger partial charge in [0, 0.05) is 5.75 Å². The standard InChI is InChI=1S/C18H14ClF3N2S2/c19-13(12-5-2-1-3-6-12)8-10-26-17-23-14(15-7-4-9-25-15)11-16(24-17)18(20,21)22/h1-7,9,11,13H,8,10H2. The number of thioether (sulfide) groups is 1. The van der Waals surface area contributed by atoms with Crippen molar-refractivity contribution in [3.8, 4) is 10.6 Å². The summed E-state index contributed by atoms with van der Waals surface area (Å²) in [7, 11) is 0. The van der Waals surface area contributed by atoms with Crippen molar-refractivity contribution in [2.45, 2.75) is 23.1 Å². The molecule has 0 saturated heterocycles. The molecule has 0 amide bonds. The van der Waals surface area contributed by atoms with Gasteiger partial charge in [-0.3, -0.25) is 0 Å². The lowest BCUT2D eigenvalue weighted by molar-refractivity contribution is -0.141. The highest BCUT2D eigenvalue weighted by Gasteiger charge is 2.34. The highest BCUT2D eigenvalue weighted by atomic mass is 35.5. The van der Waals surface area contributed by atoms with Crippen LogP contribution < -0.4 is 0 Å². The van der Waals surface area contributed by atoms with Gasteiger partial charge in [0.1, 0.15) is 5.69 Å². The monoisotopic (exact) mass is 414 g/mol. The molecule has 2 aromatic heterocycles. The fraction of sp³-hybridized carbons (Fsp3) is 0.222. The Labute approximate surface area is 162 Å². The summed E-state index contributed by atoms with van der Waals surface area (Å²) in [5, 5.41) is 1.71. The second kappa shape index (κ2) is 8.41. The molecule has 0 aliphatic heterocycles. The van der Waals surface area contributed by atoms with Gasteiger partial charge in [0.2, 0.25) is 0 Å². The Kier molecular flexibility index (Phi) is 6.21. The van der Waals surface area contributed by atoms with E-state index in [4.69, 9.17) is 11.6 Å². The van der Waals surface area contributed by atoms with Crippen molar-refractivity contribution in [1.29, 1.82) is 0 Å². The zero-order valence-corrected chi connectivity index (χ0v) is 15.8. The van der Waals surface area contributed by atoms with Gasteiger partial charge in [0.15, 0.2) is 5.16 Å². The van der Waals surface area contributed by atoms with Crippen molar-refractivity contribution in [2.75, 3.05) is 5.75 Å². The average molecular weight is 415 g/mol. The van der Waals surface area contributed by atoms with E-state index in [0.717, 1.165) is 11.6 Å². The Balaban J connectivity index is 1.73. The van der Waals surface area contributed by atoms with Crippen LogP contribution in [0, 0.1) is 0 Å². The SMILES string of the molecule is FC(F)(F)c1cc(-c2cccs2)nc(SCCC(Cl)c2ccccc2)n1. The molecule has 2 nitrogen and oxygen atoms in total. The van der Waals surface area contributed by atoms with Crippen LogP contribution in [0.15, 0.2) is 59.1 Å². The third-order valence-electron chi connectivity index (χ3n) is 3.53. The van der Waals surface area contributed by atoms with E-state index in [9.17, 15) is 13.2 Å². The molecule has 3 aromatic rings. The topological polar surface area (TPSA) is 25.8 Å². The number of benzene rings is 1. The van der Waals surface area contributed by atoms with E-state index in [1.165, 1.54) is 23.1 Å². The van der Waals surface area contributed by atoms with Gasteiger partial charge in [0.05, 0.1) is 15.9 Å². The normalized spacial score (nSPS) is 12.9. The van der Waals surface area contributed by atoms with Crippen molar-refractivity contribution < 1.29 is 13.2 Å². The van der Waals surface area contributed by atoms with Crippen molar-refractivity contribution in [3.05, 3.63) is 65.2 Å². The van der Waals surface area contributed by atoms with E-state index in [0.29, 0.717) is 17.1 Å². The fourth-order valence-electron chi connectivity index (χ4n) is 2.27. The Morgan fingerprint density at radius 2 is 1.85 bits per heavy atom. The Bertz CT molecular complexity index is 839. The maximum atomic E-state index is 13.1. The van der Waals surface area contributed by atoms with Crippen molar-refractivity contribution in [1.82, 2.24) is 9.97 Å². The second-order valence-electron chi connectivity index (χ2n) is 5.41. The summed E-state index contributed by atoms with van der Waals surface area (Å²) < 4.78 is 39.4. The molecule has 136 valence electrons. The number of aromatic nitrogens is 2. The Morgan fingerprint density at radius 1 is 1.08 bits per heavy atom. The molecule has 0 fully saturated rings. The van der Waals surface area contributed by atoms with Gasteiger partial charge in [-0.25, -0.2) is 9.97 Å². The first kappa shape index (κ1) is 19.2. The summed E-state index contributed by atoms with van der Waals surface area (Å²) >= 11 is 8.88. The van der Waals surface area contributed by atoms with Crippen LogP contribution in [0.1, 0.15) is 23.1 Å². The number of thiophene rings is 1. The first-order valence-corrected chi connectivity index (χ1v) is 10.1. The van der Waals surface area contributed by atoms with E-state index in [1.807, 2.05) is 30.3 Å². The van der Waals surface area contributed by atoms with Gasteiger partial charge in [-0.05, 0) is 29.5 Å². The quantitative estimate of drug-likeness (QED) is 0.255. The summed E-state index contributed by atoms with van der Waals surface area (Å²) in [6, 6.07) is 14.1. The summed E-state index contributed by atoms with van der Waals surface area (Å²) in [6.07, 6.45) is -3.91. The van der Waals surface area contributed by atoms with Crippen LogP contribution >= 0.6 is 34.7 Å². The van der Waals surface area contributed by atoms with Gasteiger partial charge in [0.25, 0.3) is 0 Å². The summed E-state index contributed by atoms with van der Waals surface area (Å²) in [6.45, 7) is 0. The number of halogens is 4. The molecule has 0 aliphatic carbocycles. The molecule has 0 bridgehead atoms. The second-order valence-corrected chi connectivity index (χ2v) is 7.95. The van der Waals surface area contributed by atoms with Gasteiger partial charge in [-0.1, -0.05) is 48.2 Å². The van der Waals surface area contributed by atoms with Gasteiger partial charge < -0.3 is 0 Å². The van der Waals surface area contributed by atoms with Gasteiger partial charge >= 0.3 is 6.18 Å². The molecule has 8 heteroatoms. The van der Waals surface area contributed by atoms with Crippen LogP contribution in [-0.4, -0.2) is 15.7 Å². The predicted octanol–water partition coefficient (Wildman–Crippen LogP) is 6.69. The zero-order valence-electron chi connectivity index (χ0n) is 13.4. The van der Waals surface area contributed by atoms with Crippen LogP contribution in [0.5, 0.6) is 0 Å². The molecule has 0 spiro atoms. The van der Waals surface area contributed by atoms with Crippen LogP contribution in [0.2, 0.25) is 0 Å². The van der Waals surface area contributed by atoms with Crippen molar-refractivity contribution in [2.24, 2.45) is 0 Å². The Morgan fingerprint density at radius 3 is 2.50 bits per heavy atom. The van der Waals surface area contributed by atoms with Crippen LogP contribution in [-0.2, 0) is 6.18 Å². The lowest BCUT2D eigenvalue weighted by Crippen LogP contribution is -2.10. The molecule has 0 N–H and O–H groups in total. The lowest BCUT2D eigenvalue weighted by atomic mass is 10.1. The molecular formula is C18H14ClF3N2S2. The number of hydrogen-bond acceptors (Lipinski definition) is 4. The first-order chi connectivity index (χ1) is 12.4. The van der Waals surface area contributed by atoms with Crippen LogP contribution in [0.25, 0.3) is 10.6 Å². The zero-order chi connectivity index (χ0) is 18.6. The largest absolute Gasteiger partial charge is 0.433 e. The minimum Gasteiger partial charge on any atom is -0.222 e. The van der Waals surface area contributed by atoms with Crippen molar-refractivity contribution >= 4 is 34.7 Å². The molecule has 0 saturated carbocycles. The van der Waals surface area contributed by atoms with Gasteiger partial charge in [-0.2, -0.15) is 13.2 Å².